The topological polar surface area (TPSA) is 25.8 Å². The van der Waals surface area contributed by atoms with Crippen LogP contribution in [0.1, 0.15) is 5.69 Å². The summed E-state index contributed by atoms with van der Waals surface area (Å²) in [6, 6.07) is 3.44. The Hall–Kier alpha value is -0.290. The Morgan fingerprint density at radius 3 is 2.93 bits per heavy atom. The summed E-state index contributed by atoms with van der Waals surface area (Å²) in [6.45, 7) is 0. The lowest BCUT2D eigenvalue weighted by Crippen LogP contribution is -1.88. The molecule has 0 N–H and O–H groups in total. The fourth-order valence-corrected chi connectivity index (χ4v) is 2.98. The Balaban J connectivity index is 2.07. The van der Waals surface area contributed by atoms with Gasteiger partial charge in [0, 0.05) is 17.3 Å². The number of aromatic nitrogens is 2. The first-order valence-electron chi connectivity index (χ1n) is 4.09. The molecular formula is C9H6Cl2N2S2. The molecule has 0 spiro atoms. The zero-order valence-corrected chi connectivity index (χ0v) is 10.6. The molecule has 0 aliphatic rings. The van der Waals surface area contributed by atoms with Gasteiger partial charge in [-0.3, -0.25) is 0 Å². The van der Waals surface area contributed by atoms with Gasteiger partial charge in [-0.1, -0.05) is 35.0 Å². The molecule has 0 fully saturated rings. The van der Waals surface area contributed by atoms with Crippen LogP contribution in [0.2, 0.25) is 10.2 Å². The van der Waals surface area contributed by atoms with Crippen LogP contribution in [0, 0.1) is 0 Å². The normalized spacial score (nSPS) is 10.5. The quantitative estimate of drug-likeness (QED) is 0.623. The average Bonchev–Trinajstić information content (AvgIpc) is 2.72. The molecule has 0 saturated heterocycles. The van der Waals surface area contributed by atoms with Crippen LogP contribution < -0.4 is 0 Å². The molecule has 0 amide bonds. The molecule has 2 aromatic heterocycles. The van der Waals surface area contributed by atoms with Crippen molar-refractivity contribution < 1.29 is 0 Å². The average molecular weight is 277 g/mol. The van der Waals surface area contributed by atoms with Gasteiger partial charge in [0.25, 0.3) is 0 Å². The number of thiazole rings is 1. The van der Waals surface area contributed by atoms with E-state index in [1.165, 1.54) is 0 Å². The van der Waals surface area contributed by atoms with Gasteiger partial charge in [-0.05, 0) is 12.1 Å². The summed E-state index contributed by atoms with van der Waals surface area (Å²) in [4.78, 5) is 8.32. The second kappa shape index (κ2) is 5.16. The van der Waals surface area contributed by atoms with Gasteiger partial charge in [-0.25, -0.2) is 9.97 Å². The first-order valence-corrected chi connectivity index (χ1v) is 6.71. The molecular weight excluding hydrogens is 271 g/mol. The molecule has 78 valence electrons. The molecule has 0 bridgehead atoms. The van der Waals surface area contributed by atoms with Crippen LogP contribution in [0.4, 0.5) is 0 Å². The van der Waals surface area contributed by atoms with E-state index in [-0.39, 0.29) is 0 Å². The number of thioether (sulfide) groups is 1. The molecule has 2 aromatic rings. The minimum absolute atomic E-state index is 0.467. The van der Waals surface area contributed by atoms with Crippen molar-refractivity contribution in [3.63, 3.8) is 0 Å². The summed E-state index contributed by atoms with van der Waals surface area (Å²) >= 11 is 15.0. The van der Waals surface area contributed by atoms with Gasteiger partial charge in [-0.2, -0.15) is 0 Å². The summed E-state index contributed by atoms with van der Waals surface area (Å²) in [6.07, 6.45) is 1.78. The summed E-state index contributed by atoms with van der Waals surface area (Å²) in [7, 11) is 0. The summed E-state index contributed by atoms with van der Waals surface area (Å²) in [5, 5.41) is 3.05. The second-order valence-electron chi connectivity index (χ2n) is 2.65. The molecule has 0 unspecified atom stereocenters. The summed E-state index contributed by atoms with van der Waals surface area (Å²) in [5.74, 6) is 0.687. The molecule has 0 atom stereocenters. The highest BCUT2D eigenvalue weighted by Gasteiger charge is 2.05. The van der Waals surface area contributed by atoms with Crippen molar-refractivity contribution in [2.45, 2.75) is 10.1 Å². The third kappa shape index (κ3) is 3.08. The van der Waals surface area contributed by atoms with Crippen molar-refractivity contribution in [2.24, 2.45) is 0 Å². The maximum Gasteiger partial charge on any atom is 0.150 e. The van der Waals surface area contributed by atoms with E-state index in [1.54, 1.807) is 41.4 Å². The van der Waals surface area contributed by atoms with E-state index in [0.29, 0.717) is 15.9 Å². The van der Waals surface area contributed by atoms with Crippen molar-refractivity contribution in [3.8, 4) is 0 Å². The predicted molar refractivity (Wildman–Crippen MR) is 65.9 cm³/mol. The summed E-state index contributed by atoms with van der Waals surface area (Å²) in [5.41, 5.74) is 0.796. The lowest BCUT2D eigenvalue weighted by Gasteiger charge is -2.01. The predicted octanol–water partition coefficient (Wildman–Crippen LogP) is 4.14. The highest BCUT2D eigenvalue weighted by atomic mass is 35.5. The number of hydrogen-bond donors (Lipinski definition) is 0. The van der Waals surface area contributed by atoms with Crippen molar-refractivity contribution in [2.75, 3.05) is 0 Å². The number of nitrogens with zero attached hydrogens (tertiary/aromatic N) is 2. The van der Waals surface area contributed by atoms with E-state index in [1.807, 2.05) is 5.38 Å². The highest BCUT2D eigenvalue weighted by Crippen LogP contribution is 2.27. The Kier molecular flexibility index (Phi) is 3.86. The number of rotatable bonds is 3. The van der Waals surface area contributed by atoms with E-state index >= 15 is 0 Å². The maximum atomic E-state index is 5.98. The van der Waals surface area contributed by atoms with Crippen LogP contribution in [0.15, 0.2) is 28.0 Å². The van der Waals surface area contributed by atoms with Crippen LogP contribution in [-0.4, -0.2) is 9.97 Å². The largest absolute Gasteiger partial charge is 0.239 e. The molecule has 2 rings (SSSR count). The van der Waals surface area contributed by atoms with Crippen LogP contribution in [0.3, 0.4) is 0 Å². The first-order chi connectivity index (χ1) is 7.25. The van der Waals surface area contributed by atoms with E-state index in [2.05, 4.69) is 9.97 Å². The van der Waals surface area contributed by atoms with Crippen LogP contribution >= 0.6 is 46.3 Å². The minimum Gasteiger partial charge on any atom is -0.239 e. The van der Waals surface area contributed by atoms with Gasteiger partial charge < -0.3 is 0 Å². The Labute approximate surface area is 106 Å². The zero-order valence-electron chi connectivity index (χ0n) is 7.48. The van der Waals surface area contributed by atoms with Gasteiger partial charge in [-0.15, -0.1) is 11.3 Å². The highest BCUT2D eigenvalue weighted by molar-refractivity contribution is 8.00. The SMILES string of the molecule is Clc1ccc(Cl)c(CSc2nccs2)n1. The second-order valence-corrected chi connectivity index (χ2v) is 5.56. The van der Waals surface area contributed by atoms with Gasteiger partial charge >= 0.3 is 0 Å². The standard InChI is InChI=1S/C9H6Cl2N2S2/c10-6-1-2-8(11)13-7(6)5-15-9-12-3-4-14-9/h1-4H,5H2. The number of hydrogen-bond acceptors (Lipinski definition) is 4. The zero-order chi connectivity index (χ0) is 10.7. The Bertz CT molecular complexity index is 445. The molecule has 6 heteroatoms. The summed E-state index contributed by atoms with van der Waals surface area (Å²) < 4.78 is 1.01. The number of halogens is 2. The van der Waals surface area contributed by atoms with Gasteiger partial charge in [0.1, 0.15) is 9.49 Å². The molecule has 2 nitrogen and oxygen atoms in total. The smallest absolute Gasteiger partial charge is 0.150 e. The van der Waals surface area contributed by atoms with Gasteiger partial charge in [0.2, 0.25) is 0 Å². The minimum atomic E-state index is 0.467. The van der Waals surface area contributed by atoms with E-state index < -0.39 is 0 Å². The fraction of sp³-hybridized carbons (Fsp3) is 0.111. The van der Waals surface area contributed by atoms with E-state index in [0.717, 1.165) is 10.0 Å². The van der Waals surface area contributed by atoms with Crippen molar-refractivity contribution in [3.05, 3.63) is 39.6 Å². The maximum absolute atomic E-state index is 5.98. The van der Waals surface area contributed by atoms with E-state index in [9.17, 15) is 0 Å². The molecule has 2 heterocycles. The fourth-order valence-electron chi connectivity index (χ4n) is 0.971. The molecule has 0 saturated carbocycles. The first kappa shape index (κ1) is 11.2. The third-order valence-corrected chi connectivity index (χ3v) is 4.16. The number of pyridine rings is 1. The molecule has 0 aliphatic heterocycles. The Morgan fingerprint density at radius 1 is 1.33 bits per heavy atom. The van der Waals surface area contributed by atoms with Crippen molar-refractivity contribution in [1.29, 1.82) is 0 Å². The van der Waals surface area contributed by atoms with Crippen molar-refractivity contribution >= 4 is 46.3 Å². The van der Waals surface area contributed by atoms with Gasteiger partial charge in [0.05, 0.1) is 10.7 Å². The molecule has 0 aliphatic carbocycles. The van der Waals surface area contributed by atoms with Crippen molar-refractivity contribution in [1.82, 2.24) is 9.97 Å². The van der Waals surface area contributed by atoms with Crippen LogP contribution in [0.5, 0.6) is 0 Å². The molecule has 0 radical (unpaired) electrons. The van der Waals surface area contributed by atoms with Crippen LogP contribution in [0.25, 0.3) is 0 Å². The molecule has 15 heavy (non-hydrogen) atoms. The monoisotopic (exact) mass is 276 g/mol. The molecule has 0 aromatic carbocycles. The van der Waals surface area contributed by atoms with Crippen LogP contribution in [-0.2, 0) is 5.75 Å². The van der Waals surface area contributed by atoms with Gasteiger partial charge in [0.15, 0.2) is 0 Å². The van der Waals surface area contributed by atoms with E-state index in [4.69, 9.17) is 23.2 Å². The lowest BCUT2D eigenvalue weighted by molar-refractivity contribution is 1.17. The Morgan fingerprint density at radius 2 is 2.20 bits per heavy atom. The lowest BCUT2D eigenvalue weighted by atomic mass is 10.4. The third-order valence-electron chi connectivity index (χ3n) is 1.63.